The molecule has 7 heteroatoms. The second kappa shape index (κ2) is 5.09. The number of carbonyl (C=O) groups is 2. The van der Waals surface area contributed by atoms with E-state index in [1.54, 1.807) is 0 Å². The molecule has 0 unspecified atom stereocenters. The predicted molar refractivity (Wildman–Crippen MR) is 22.0 cm³/mol. The van der Waals surface area contributed by atoms with E-state index in [2.05, 4.69) is 0 Å². The van der Waals surface area contributed by atoms with Crippen molar-refractivity contribution in [2.24, 2.45) is 0 Å². The van der Waals surface area contributed by atoms with E-state index in [9.17, 15) is 19.8 Å². The zero-order valence-corrected chi connectivity index (χ0v) is 5.93. The molecule has 0 aliphatic heterocycles. The Hall–Kier alpha value is -0.621. The first-order chi connectivity index (χ1) is 4.46. The Morgan fingerprint density at radius 3 is 1.27 bits per heavy atom. The van der Waals surface area contributed by atoms with Crippen LogP contribution in [-0.4, -0.2) is 34.4 Å². The van der Waals surface area contributed by atoms with Crippen molar-refractivity contribution in [1.82, 2.24) is 0 Å². The molecule has 0 bridgehead atoms. The van der Waals surface area contributed by atoms with E-state index in [4.69, 9.17) is 10.2 Å². The summed E-state index contributed by atoms with van der Waals surface area (Å²) in [6.45, 7) is 0. The fourth-order valence-electron chi connectivity index (χ4n) is 0.258. The molecule has 0 aliphatic rings. The van der Waals surface area contributed by atoms with Gasteiger partial charge in [-0.1, -0.05) is 0 Å². The van der Waals surface area contributed by atoms with Crippen LogP contribution in [-0.2, 0) is 26.7 Å². The molecular formula is C4H4CuO6. The average Bonchev–Trinajstić information content (AvgIpc) is 1.84. The van der Waals surface area contributed by atoms with Crippen LogP contribution >= 0.6 is 0 Å². The number of carbonyl (C=O) groups excluding carboxylic acids is 2. The molecule has 0 aliphatic carbocycles. The summed E-state index contributed by atoms with van der Waals surface area (Å²) >= 11 is 0. The summed E-state index contributed by atoms with van der Waals surface area (Å²) in [5.41, 5.74) is 0. The Labute approximate surface area is 71.9 Å². The summed E-state index contributed by atoms with van der Waals surface area (Å²) < 4.78 is 0. The summed E-state index contributed by atoms with van der Waals surface area (Å²) in [6, 6.07) is 0. The van der Waals surface area contributed by atoms with Crippen molar-refractivity contribution >= 4 is 11.9 Å². The van der Waals surface area contributed by atoms with Gasteiger partial charge in [-0.3, -0.25) is 0 Å². The Balaban J connectivity index is 0. The summed E-state index contributed by atoms with van der Waals surface area (Å²) in [6.07, 6.45) is -4.88. The third-order valence-corrected chi connectivity index (χ3v) is 0.782. The molecule has 2 N–H and O–H groups in total. The molecule has 2 atom stereocenters. The maximum absolute atomic E-state index is 9.63. The van der Waals surface area contributed by atoms with Gasteiger partial charge in [-0.15, -0.1) is 0 Å². The fraction of sp³-hybridized carbons (Fsp3) is 0.500. The second-order valence-electron chi connectivity index (χ2n) is 1.53. The van der Waals surface area contributed by atoms with Crippen molar-refractivity contribution in [1.29, 1.82) is 0 Å². The van der Waals surface area contributed by atoms with Crippen LogP contribution in [0, 0.1) is 0 Å². The maximum Gasteiger partial charge on any atom is 2.00 e. The van der Waals surface area contributed by atoms with Gasteiger partial charge in [0.15, 0.2) is 0 Å². The number of carboxylic acids is 2. The molecule has 0 aromatic carbocycles. The summed E-state index contributed by atoms with van der Waals surface area (Å²) in [5, 5.41) is 35.7. The second-order valence-corrected chi connectivity index (χ2v) is 1.53. The van der Waals surface area contributed by atoms with Gasteiger partial charge < -0.3 is 30.0 Å². The Morgan fingerprint density at radius 2 is 1.18 bits per heavy atom. The van der Waals surface area contributed by atoms with Gasteiger partial charge in [-0.25, -0.2) is 0 Å². The van der Waals surface area contributed by atoms with Crippen LogP contribution in [0.25, 0.3) is 0 Å². The standard InChI is InChI=1S/C4H6O6.Cu/c5-1(3(7)8)2(6)4(9)10;/h1-2,5-6H,(H,7,8)(H,9,10);/q;+2/p-2/t1-,2-;/m0./s1. The Bertz CT molecular complexity index is 139. The number of aliphatic hydroxyl groups excluding tert-OH is 2. The predicted octanol–water partition coefficient (Wildman–Crippen LogP) is -4.79. The minimum atomic E-state index is -2.44. The third kappa shape index (κ3) is 3.94. The molecule has 67 valence electrons. The van der Waals surface area contributed by atoms with Crippen LogP contribution in [0.3, 0.4) is 0 Å². The van der Waals surface area contributed by atoms with Crippen LogP contribution < -0.4 is 10.2 Å². The maximum atomic E-state index is 9.63. The normalized spacial score (nSPS) is 14.4. The monoisotopic (exact) mass is 211 g/mol. The van der Waals surface area contributed by atoms with Crippen molar-refractivity contribution < 1.29 is 47.1 Å². The molecule has 0 saturated heterocycles. The van der Waals surface area contributed by atoms with E-state index in [1.165, 1.54) is 0 Å². The van der Waals surface area contributed by atoms with E-state index in [-0.39, 0.29) is 17.1 Å². The molecule has 1 radical (unpaired) electrons. The van der Waals surface area contributed by atoms with Crippen molar-refractivity contribution in [2.45, 2.75) is 12.2 Å². The van der Waals surface area contributed by atoms with E-state index >= 15 is 0 Å². The quantitative estimate of drug-likeness (QED) is 0.452. The summed E-state index contributed by atoms with van der Waals surface area (Å²) in [4.78, 5) is 19.3. The average molecular weight is 212 g/mol. The zero-order chi connectivity index (χ0) is 8.31. The third-order valence-electron chi connectivity index (χ3n) is 0.782. The van der Waals surface area contributed by atoms with Crippen molar-refractivity contribution in [3.8, 4) is 0 Å². The molecule has 0 aromatic rings. The minimum Gasteiger partial charge on any atom is -0.547 e. The molecule has 0 fully saturated rings. The van der Waals surface area contributed by atoms with Crippen LogP contribution in [0.5, 0.6) is 0 Å². The summed E-state index contributed by atoms with van der Waals surface area (Å²) in [5.74, 6) is -4.12. The zero-order valence-electron chi connectivity index (χ0n) is 4.98. The van der Waals surface area contributed by atoms with Gasteiger partial charge in [0, 0.05) is 0 Å². The number of rotatable bonds is 3. The fourth-order valence-corrected chi connectivity index (χ4v) is 0.258. The Morgan fingerprint density at radius 1 is 1.00 bits per heavy atom. The first kappa shape index (κ1) is 13.0. The number of aliphatic carboxylic acids is 2. The van der Waals surface area contributed by atoms with Crippen LogP contribution in [0.1, 0.15) is 0 Å². The smallest absolute Gasteiger partial charge is 0.547 e. The van der Waals surface area contributed by atoms with Gasteiger partial charge in [0.05, 0.1) is 11.9 Å². The van der Waals surface area contributed by atoms with E-state index in [0.29, 0.717) is 0 Å². The van der Waals surface area contributed by atoms with Crippen LogP contribution in [0.15, 0.2) is 0 Å². The molecule has 0 heterocycles. The molecule has 0 amide bonds. The Kier molecular flexibility index (Phi) is 6.01. The number of hydrogen-bond donors (Lipinski definition) is 2. The molecule has 11 heavy (non-hydrogen) atoms. The van der Waals surface area contributed by atoms with Gasteiger partial charge >= 0.3 is 17.1 Å². The van der Waals surface area contributed by atoms with Crippen molar-refractivity contribution in [3.05, 3.63) is 0 Å². The SMILES string of the molecule is O=C([O-])[C@@H](O)[C@H](O)C(=O)[O-].[Cu+2]. The molecule has 0 rings (SSSR count). The molecule has 6 nitrogen and oxygen atoms in total. The largest absolute Gasteiger partial charge is 2.00 e. The van der Waals surface area contributed by atoms with Gasteiger partial charge in [0.25, 0.3) is 0 Å². The first-order valence-electron chi connectivity index (χ1n) is 2.24. The van der Waals surface area contributed by atoms with Gasteiger partial charge in [0.2, 0.25) is 0 Å². The molecule has 0 spiro atoms. The van der Waals surface area contributed by atoms with Crippen molar-refractivity contribution in [3.63, 3.8) is 0 Å². The van der Waals surface area contributed by atoms with Gasteiger partial charge in [-0.05, 0) is 0 Å². The van der Waals surface area contributed by atoms with Crippen LogP contribution in [0.2, 0.25) is 0 Å². The summed E-state index contributed by atoms with van der Waals surface area (Å²) in [7, 11) is 0. The topological polar surface area (TPSA) is 121 Å². The van der Waals surface area contributed by atoms with Gasteiger partial charge in [0.1, 0.15) is 12.2 Å². The molecule has 0 aromatic heterocycles. The van der Waals surface area contributed by atoms with Crippen molar-refractivity contribution in [2.75, 3.05) is 0 Å². The van der Waals surface area contributed by atoms with Gasteiger partial charge in [-0.2, -0.15) is 0 Å². The van der Waals surface area contributed by atoms with E-state index in [0.717, 1.165) is 0 Å². The number of aliphatic hydroxyl groups is 2. The molecule has 0 saturated carbocycles. The minimum absolute atomic E-state index is 0. The molecular weight excluding hydrogens is 208 g/mol. The van der Waals surface area contributed by atoms with E-state index < -0.39 is 24.1 Å². The first-order valence-corrected chi connectivity index (χ1v) is 2.24. The van der Waals surface area contributed by atoms with E-state index in [1.807, 2.05) is 0 Å². The number of carboxylic acid groups (broad SMARTS) is 2. The van der Waals surface area contributed by atoms with Crippen LogP contribution in [0.4, 0.5) is 0 Å². The number of hydrogen-bond acceptors (Lipinski definition) is 6.